The standard InChI is InChI=1S/C14H17N3O5/c1-8(18)9-3-11-12(22-7-21-11)4-10(9)17-14(20)6-16-5-13(19)15-2/h3-4,16H,5-7H2,1-2H3,(H,15,19)(H,17,20)/p+1. The van der Waals surface area contributed by atoms with Crippen LogP contribution in [0.4, 0.5) is 5.69 Å². The van der Waals surface area contributed by atoms with Crippen molar-refractivity contribution in [3.05, 3.63) is 17.7 Å². The summed E-state index contributed by atoms with van der Waals surface area (Å²) in [6, 6.07) is 3.12. The Morgan fingerprint density at radius 1 is 1.14 bits per heavy atom. The topological polar surface area (TPSA) is 110 Å². The highest BCUT2D eigenvalue weighted by Crippen LogP contribution is 2.37. The summed E-state index contributed by atoms with van der Waals surface area (Å²) in [6.07, 6.45) is 0. The number of nitrogens with one attached hydrogen (secondary N) is 2. The Hall–Kier alpha value is -2.61. The third-order valence-electron chi connectivity index (χ3n) is 3.10. The second-order valence-electron chi connectivity index (χ2n) is 4.73. The number of carbonyl (C=O) groups is 3. The van der Waals surface area contributed by atoms with E-state index in [0.717, 1.165) is 0 Å². The van der Waals surface area contributed by atoms with Gasteiger partial charge in [0.2, 0.25) is 6.79 Å². The molecule has 2 rings (SSSR count). The number of benzene rings is 1. The smallest absolute Gasteiger partial charge is 0.279 e. The van der Waals surface area contributed by atoms with Crippen LogP contribution in [0.2, 0.25) is 0 Å². The fourth-order valence-corrected chi connectivity index (χ4v) is 1.97. The summed E-state index contributed by atoms with van der Waals surface area (Å²) in [4.78, 5) is 34.7. The van der Waals surface area contributed by atoms with Crippen LogP contribution in [0, 0.1) is 0 Å². The summed E-state index contributed by atoms with van der Waals surface area (Å²) >= 11 is 0. The summed E-state index contributed by atoms with van der Waals surface area (Å²) in [6.45, 7) is 1.72. The van der Waals surface area contributed by atoms with Crippen molar-refractivity contribution < 1.29 is 29.2 Å². The molecule has 0 atom stereocenters. The molecule has 0 saturated heterocycles. The monoisotopic (exact) mass is 308 g/mol. The van der Waals surface area contributed by atoms with Gasteiger partial charge in [-0.25, -0.2) is 0 Å². The molecule has 0 fully saturated rings. The minimum absolute atomic E-state index is 0.0687. The van der Waals surface area contributed by atoms with Gasteiger partial charge in [-0.1, -0.05) is 0 Å². The highest BCUT2D eigenvalue weighted by molar-refractivity contribution is 6.04. The number of ether oxygens (including phenoxy) is 2. The molecule has 0 bridgehead atoms. The molecule has 0 spiro atoms. The van der Waals surface area contributed by atoms with Gasteiger partial charge in [0.15, 0.2) is 30.4 Å². The van der Waals surface area contributed by atoms with Crippen LogP contribution in [-0.2, 0) is 9.59 Å². The molecule has 1 aliphatic heterocycles. The van der Waals surface area contributed by atoms with Crippen LogP contribution in [0.3, 0.4) is 0 Å². The summed E-state index contributed by atoms with van der Waals surface area (Å²) in [5, 5.41) is 6.68. The van der Waals surface area contributed by atoms with Crippen molar-refractivity contribution in [2.75, 3.05) is 32.2 Å². The average molecular weight is 308 g/mol. The fourth-order valence-electron chi connectivity index (χ4n) is 1.97. The van der Waals surface area contributed by atoms with Crippen LogP contribution in [0.15, 0.2) is 12.1 Å². The largest absolute Gasteiger partial charge is 0.454 e. The third-order valence-corrected chi connectivity index (χ3v) is 3.10. The first-order valence-electron chi connectivity index (χ1n) is 6.78. The summed E-state index contributed by atoms with van der Waals surface area (Å²) in [5.41, 5.74) is 0.721. The maximum Gasteiger partial charge on any atom is 0.279 e. The molecule has 4 N–H and O–H groups in total. The first-order chi connectivity index (χ1) is 10.5. The Balaban J connectivity index is 2.04. The number of anilines is 1. The van der Waals surface area contributed by atoms with Gasteiger partial charge in [0, 0.05) is 18.7 Å². The Kier molecular flexibility index (Phi) is 4.95. The normalized spacial score (nSPS) is 11.9. The second kappa shape index (κ2) is 6.90. The van der Waals surface area contributed by atoms with Crippen molar-refractivity contribution >= 4 is 23.3 Å². The number of hydrogen-bond donors (Lipinski definition) is 3. The number of hydrogen-bond acceptors (Lipinski definition) is 5. The predicted octanol–water partition coefficient (Wildman–Crippen LogP) is -1.13. The first-order valence-corrected chi connectivity index (χ1v) is 6.78. The van der Waals surface area contributed by atoms with Crippen LogP contribution in [-0.4, -0.2) is 44.5 Å². The molecule has 0 aliphatic carbocycles. The minimum atomic E-state index is -0.315. The Morgan fingerprint density at radius 2 is 1.77 bits per heavy atom. The number of carbonyl (C=O) groups excluding carboxylic acids is 3. The van der Waals surface area contributed by atoms with Crippen molar-refractivity contribution in [3.8, 4) is 11.5 Å². The lowest BCUT2D eigenvalue weighted by Gasteiger charge is -2.10. The number of quaternary nitrogens is 1. The highest BCUT2D eigenvalue weighted by atomic mass is 16.7. The lowest BCUT2D eigenvalue weighted by Crippen LogP contribution is -2.88. The van der Waals surface area contributed by atoms with E-state index in [0.29, 0.717) is 22.7 Å². The SMILES string of the molecule is CNC(=O)C[NH2+]CC(=O)Nc1cc2c(cc1C(C)=O)OCO2. The van der Waals surface area contributed by atoms with E-state index in [1.165, 1.54) is 14.0 Å². The van der Waals surface area contributed by atoms with Gasteiger partial charge in [0.1, 0.15) is 0 Å². The van der Waals surface area contributed by atoms with Gasteiger partial charge in [-0.3, -0.25) is 14.4 Å². The molecule has 0 radical (unpaired) electrons. The number of Topliss-reactive ketones (excluding diaryl/α,β-unsaturated/α-hetero) is 1. The second-order valence-corrected chi connectivity index (χ2v) is 4.73. The van der Waals surface area contributed by atoms with Gasteiger partial charge in [-0.2, -0.15) is 0 Å². The zero-order valence-electron chi connectivity index (χ0n) is 12.4. The zero-order chi connectivity index (χ0) is 16.1. The van der Waals surface area contributed by atoms with Gasteiger partial charge >= 0.3 is 0 Å². The van der Waals surface area contributed by atoms with E-state index >= 15 is 0 Å². The van der Waals surface area contributed by atoms with E-state index in [-0.39, 0.29) is 37.5 Å². The molecule has 8 heteroatoms. The Labute approximate surface area is 127 Å². The molecule has 1 heterocycles. The van der Waals surface area contributed by atoms with E-state index in [1.54, 1.807) is 17.4 Å². The fraction of sp³-hybridized carbons (Fsp3) is 0.357. The minimum Gasteiger partial charge on any atom is -0.454 e. The number of ketones is 1. The summed E-state index contributed by atoms with van der Waals surface area (Å²) < 4.78 is 10.5. The average Bonchev–Trinajstić information content (AvgIpc) is 2.93. The van der Waals surface area contributed by atoms with Crippen molar-refractivity contribution in [1.29, 1.82) is 0 Å². The van der Waals surface area contributed by atoms with Crippen LogP contribution >= 0.6 is 0 Å². The van der Waals surface area contributed by atoms with Crippen molar-refractivity contribution in [1.82, 2.24) is 5.32 Å². The number of fused-ring (bicyclic) bond motifs is 1. The molecule has 22 heavy (non-hydrogen) atoms. The molecule has 2 amide bonds. The van der Waals surface area contributed by atoms with Gasteiger partial charge in [0.05, 0.1) is 5.69 Å². The zero-order valence-corrected chi connectivity index (χ0v) is 12.4. The third kappa shape index (κ3) is 3.73. The van der Waals surface area contributed by atoms with E-state index in [4.69, 9.17) is 9.47 Å². The Bertz CT molecular complexity index is 615. The summed E-state index contributed by atoms with van der Waals surface area (Å²) in [7, 11) is 1.53. The van der Waals surface area contributed by atoms with Crippen LogP contribution in [0.1, 0.15) is 17.3 Å². The number of rotatable bonds is 6. The molecule has 0 unspecified atom stereocenters. The molecular formula is C14H18N3O5+. The molecule has 0 aromatic heterocycles. The highest BCUT2D eigenvalue weighted by Gasteiger charge is 2.20. The van der Waals surface area contributed by atoms with Crippen molar-refractivity contribution in [3.63, 3.8) is 0 Å². The van der Waals surface area contributed by atoms with Crippen molar-refractivity contribution in [2.24, 2.45) is 0 Å². The van der Waals surface area contributed by atoms with E-state index in [1.807, 2.05) is 0 Å². The van der Waals surface area contributed by atoms with Gasteiger partial charge in [-0.15, -0.1) is 0 Å². The van der Waals surface area contributed by atoms with Gasteiger partial charge < -0.3 is 25.4 Å². The predicted molar refractivity (Wildman–Crippen MR) is 76.9 cm³/mol. The molecule has 8 nitrogen and oxygen atoms in total. The van der Waals surface area contributed by atoms with E-state index in [2.05, 4.69) is 10.6 Å². The lowest BCUT2D eigenvalue weighted by atomic mass is 10.1. The first kappa shape index (κ1) is 15.8. The molecule has 0 saturated carbocycles. The van der Waals surface area contributed by atoms with Crippen LogP contribution in [0.5, 0.6) is 11.5 Å². The van der Waals surface area contributed by atoms with Gasteiger partial charge in [0.25, 0.3) is 11.8 Å². The number of amides is 2. The van der Waals surface area contributed by atoms with Crippen molar-refractivity contribution in [2.45, 2.75) is 6.92 Å². The lowest BCUT2D eigenvalue weighted by molar-refractivity contribution is -0.632. The van der Waals surface area contributed by atoms with Crippen LogP contribution < -0.4 is 25.4 Å². The molecular weight excluding hydrogens is 290 g/mol. The van der Waals surface area contributed by atoms with Crippen LogP contribution in [0.25, 0.3) is 0 Å². The Morgan fingerprint density at radius 3 is 2.41 bits per heavy atom. The maximum atomic E-state index is 11.9. The number of likely N-dealkylation sites (N-methyl/N-ethyl adjacent to an activating group) is 1. The maximum absolute atomic E-state index is 11.9. The molecule has 1 aliphatic rings. The number of nitrogens with two attached hydrogens (primary N) is 1. The molecule has 118 valence electrons. The van der Waals surface area contributed by atoms with E-state index in [9.17, 15) is 14.4 Å². The van der Waals surface area contributed by atoms with E-state index < -0.39 is 0 Å². The summed E-state index contributed by atoms with van der Waals surface area (Å²) in [5.74, 6) is 0.289. The van der Waals surface area contributed by atoms with Gasteiger partial charge in [-0.05, 0) is 13.0 Å². The quantitative estimate of drug-likeness (QED) is 0.576. The molecule has 1 aromatic rings. The molecule has 1 aromatic carbocycles.